The Bertz CT molecular complexity index is 692. The minimum atomic E-state index is -4.57. The van der Waals surface area contributed by atoms with Crippen molar-refractivity contribution >= 4 is 17.3 Å². The molecule has 0 aliphatic heterocycles. The summed E-state index contributed by atoms with van der Waals surface area (Å²) in [5.74, 6) is 0.552. The Kier molecular flexibility index (Phi) is 5.10. The number of methoxy groups -OCH3 is 1. The molecule has 0 fully saturated rings. The summed E-state index contributed by atoms with van der Waals surface area (Å²) in [6.07, 6.45) is -4.57. The molecule has 0 radical (unpaired) electrons. The molecule has 2 aromatic rings. The third kappa shape index (κ3) is 4.35. The van der Waals surface area contributed by atoms with Crippen molar-refractivity contribution < 1.29 is 27.8 Å². The lowest BCUT2D eigenvalue weighted by Crippen LogP contribution is -2.11. The number of rotatable bonds is 5. The maximum absolute atomic E-state index is 12.7. The highest BCUT2D eigenvalue weighted by Gasteiger charge is 2.32. The van der Waals surface area contributed by atoms with E-state index < -0.39 is 22.5 Å². The van der Waals surface area contributed by atoms with Gasteiger partial charge in [0.05, 0.1) is 23.4 Å². The molecular weight excluding hydrogens is 335 g/mol. The van der Waals surface area contributed by atoms with Gasteiger partial charge >= 0.3 is 6.18 Å². The van der Waals surface area contributed by atoms with Gasteiger partial charge in [-0.15, -0.1) is 0 Å². The Morgan fingerprint density at radius 3 is 2.52 bits per heavy atom. The Balaban J connectivity index is 2.09. The molecule has 0 saturated heterocycles. The average Bonchev–Trinajstić information content (AvgIpc) is 2.50. The van der Waals surface area contributed by atoms with Gasteiger partial charge in [0, 0.05) is 6.07 Å². The van der Waals surface area contributed by atoms with E-state index in [9.17, 15) is 18.3 Å². The summed E-state index contributed by atoms with van der Waals surface area (Å²) in [6.45, 7) is -0.168. The lowest BCUT2D eigenvalue weighted by atomic mass is 10.2. The van der Waals surface area contributed by atoms with E-state index in [-0.39, 0.29) is 12.4 Å². The summed E-state index contributed by atoms with van der Waals surface area (Å²) in [4.78, 5) is 0. The fourth-order valence-electron chi connectivity index (χ4n) is 1.79. The van der Waals surface area contributed by atoms with E-state index in [1.807, 2.05) is 0 Å². The first-order valence-corrected chi connectivity index (χ1v) is 6.79. The standard InChI is InChI=1S/C15H13ClF3NO3/c1-22-10-3-2-4-11(7-10)23-8-20-13-6-9(15(17,18)19)5-12(16)14(13)21/h2-7,20-21H,8H2,1H3. The van der Waals surface area contributed by atoms with Crippen molar-refractivity contribution in [1.29, 1.82) is 0 Å². The van der Waals surface area contributed by atoms with E-state index in [0.29, 0.717) is 17.6 Å². The predicted octanol–water partition coefficient (Wildman–Crippen LogP) is 4.52. The van der Waals surface area contributed by atoms with Crippen LogP contribution in [0.3, 0.4) is 0 Å². The summed E-state index contributed by atoms with van der Waals surface area (Å²) in [6, 6.07) is 8.11. The SMILES string of the molecule is COc1cccc(OCNc2cc(C(F)(F)F)cc(Cl)c2O)c1. The first kappa shape index (κ1) is 17.1. The van der Waals surface area contributed by atoms with E-state index in [1.54, 1.807) is 24.3 Å². The minimum Gasteiger partial charge on any atom is -0.504 e. The number of phenols is 1. The first-order valence-electron chi connectivity index (χ1n) is 6.41. The number of hydrogen-bond acceptors (Lipinski definition) is 4. The Hall–Kier alpha value is -2.28. The van der Waals surface area contributed by atoms with Crippen molar-refractivity contribution in [2.24, 2.45) is 0 Å². The lowest BCUT2D eigenvalue weighted by molar-refractivity contribution is -0.137. The van der Waals surface area contributed by atoms with Crippen LogP contribution in [0, 0.1) is 0 Å². The van der Waals surface area contributed by atoms with Crippen molar-refractivity contribution in [1.82, 2.24) is 0 Å². The maximum Gasteiger partial charge on any atom is 0.416 e. The molecule has 0 spiro atoms. The molecule has 2 aromatic carbocycles. The lowest BCUT2D eigenvalue weighted by Gasteiger charge is -2.14. The molecule has 0 aliphatic carbocycles. The highest BCUT2D eigenvalue weighted by atomic mass is 35.5. The van der Waals surface area contributed by atoms with Crippen LogP contribution < -0.4 is 14.8 Å². The smallest absolute Gasteiger partial charge is 0.416 e. The molecule has 8 heteroatoms. The quantitative estimate of drug-likeness (QED) is 0.616. The summed E-state index contributed by atoms with van der Waals surface area (Å²) in [7, 11) is 1.50. The number of halogens is 4. The molecule has 4 nitrogen and oxygen atoms in total. The summed E-state index contributed by atoms with van der Waals surface area (Å²) >= 11 is 5.61. The van der Waals surface area contributed by atoms with Crippen LogP contribution >= 0.6 is 11.6 Å². The van der Waals surface area contributed by atoms with Crippen LogP contribution in [0.1, 0.15) is 5.56 Å². The van der Waals surface area contributed by atoms with Gasteiger partial charge in [0.25, 0.3) is 0 Å². The Labute approximate surface area is 135 Å². The van der Waals surface area contributed by atoms with Crippen molar-refractivity contribution in [2.75, 3.05) is 19.2 Å². The Morgan fingerprint density at radius 2 is 1.87 bits per heavy atom. The second kappa shape index (κ2) is 6.87. The first-order chi connectivity index (χ1) is 10.8. The molecular formula is C15H13ClF3NO3. The normalized spacial score (nSPS) is 11.2. The fraction of sp³-hybridized carbons (Fsp3) is 0.200. The summed E-state index contributed by atoms with van der Waals surface area (Å²) in [5, 5.41) is 11.9. The number of ether oxygens (including phenoxy) is 2. The molecule has 0 unspecified atom stereocenters. The molecule has 2 N–H and O–H groups in total. The van der Waals surface area contributed by atoms with Crippen LogP contribution in [0.25, 0.3) is 0 Å². The maximum atomic E-state index is 12.7. The third-order valence-electron chi connectivity index (χ3n) is 2.93. The third-order valence-corrected chi connectivity index (χ3v) is 3.22. The van der Waals surface area contributed by atoms with Gasteiger partial charge in [0.2, 0.25) is 0 Å². The Morgan fingerprint density at radius 1 is 1.17 bits per heavy atom. The van der Waals surface area contributed by atoms with Gasteiger partial charge in [0.15, 0.2) is 12.5 Å². The number of benzene rings is 2. The van der Waals surface area contributed by atoms with Crippen molar-refractivity contribution in [3.05, 3.63) is 47.0 Å². The number of hydrogen-bond donors (Lipinski definition) is 2. The van der Waals surface area contributed by atoms with E-state index in [2.05, 4.69) is 5.32 Å². The van der Waals surface area contributed by atoms with Crippen LogP contribution in [0.5, 0.6) is 17.2 Å². The molecule has 0 aliphatic rings. The zero-order valence-electron chi connectivity index (χ0n) is 11.9. The van der Waals surface area contributed by atoms with E-state index in [0.717, 1.165) is 6.07 Å². The number of phenolic OH excluding ortho intramolecular Hbond substituents is 1. The molecule has 0 saturated carbocycles. The molecule has 2 rings (SSSR count). The monoisotopic (exact) mass is 347 g/mol. The molecule has 23 heavy (non-hydrogen) atoms. The van der Waals surface area contributed by atoms with Gasteiger partial charge in [0.1, 0.15) is 11.5 Å². The van der Waals surface area contributed by atoms with Crippen molar-refractivity contribution in [2.45, 2.75) is 6.18 Å². The molecule has 0 bridgehead atoms. The van der Waals surface area contributed by atoms with Crippen LogP contribution in [-0.2, 0) is 6.18 Å². The van der Waals surface area contributed by atoms with Crippen molar-refractivity contribution in [3.63, 3.8) is 0 Å². The second-order valence-corrected chi connectivity index (χ2v) is 4.90. The number of aromatic hydroxyl groups is 1. The van der Waals surface area contributed by atoms with Gasteiger partial charge in [-0.2, -0.15) is 13.2 Å². The van der Waals surface area contributed by atoms with Crippen LogP contribution in [0.4, 0.5) is 18.9 Å². The molecule has 0 heterocycles. The predicted molar refractivity (Wildman–Crippen MR) is 80.2 cm³/mol. The summed E-state index contributed by atoms with van der Waals surface area (Å²) in [5.41, 5.74) is -1.14. The molecule has 0 amide bonds. The van der Waals surface area contributed by atoms with Gasteiger partial charge in [-0.1, -0.05) is 17.7 Å². The zero-order chi connectivity index (χ0) is 17.0. The highest BCUT2D eigenvalue weighted by molar-refractivity contribution is 6.32. The second-order valence-electron chi connectivity index (χ2n) is 4.50. The van der Waals surface area contributed by atoms with E-state index in [4.69, 9.17) is 21.1 Å². The molecule has 0 aromatic heterocycles. The van der Waals surface area contributed by atoms with Crippen LogP contribution in [-0.4, -0.2) is 18.9 Å². The van der Waals surface area contributed by atoms with E-state index >= 15 is 0 Å². The molecule has 0 atom stereocenters. The van der Waals surface area contributed by atoms with Gasteiger partial charge in [-0.3, -0.25) is 0 Å². The van der Waals surface area contributed by atoms with Crippen LogP contribution in [0.15, 0.2) is 36.4 Å². The van der Waals surface area contributed by atoms with Gasteiger partial charge in [-0.05, 0) is 24.3 Å². The average molecular weight is 348 g/mol. The number of nitrogens with one attached hydrogen (secondary N) is 1. The van der Waals surface area contributed by atoms with Gasteiger partial charge < -0.3 is 19.9 Å². The van der Waals surface area contributed by atoms with Crippen LogP contribution in [0.2, 0.25) is 5.02 Å². The fourth-order valence-corrected chi connectivity index (χ4v) is 2.00. The number of anilines is 1. The zero-order valence-corrected chi connectivity index (χ0v) is 12.7. The highest BCUT2D eigenvalue weighted by Crippen LogP contribution is 2.39. The molecule has 124 valence electrons. The number of alkyl halides is 3. The topological polar surface area (TPSA) is 50.7 Å². The summed E-state index contributed by atoms with van der Waals surface area (Å²) < 4.78 is 48.6. The van der Waals surface area contributed by atoms with Gasteiger partial charge in [-0.25, -0.2) is 0 Å². The van der Waals surface area contributed by atoms with E-state index in [1.165, 1.54) is 7.11 Å². The largest absolute Gasteiger partial charge is 0.504 e. The minimum absolute atomic E-state index is 0.168. The van der Waals surface area contributed by atoms with Crippen molar-refractivity contribution in [3.8, 4) is 17.2 Å².